The van der Waals surface area contributed by atoms with E-state index in [0.717, 1.165) is 5.57 Å². The van der Waals surface area contributed by atoms with Crippen molar-refractivity contribution in [2.45, 2.75) is 272 Å². The molecule has 23 nitrogen and oxygen atoms in total. The summed E-state index contributed by atoms with van der Waals surface area (Å²) in [6.07, 6.45) is -15.1. The Morgan fingerprint density at radius 2 is 1.17 bits per heavy atom. The van der Waals surface area contributed by atoms with Gasteiger partial charge in [0.05, 0.1) is 67.1 Å². The minimum atomic E-state index is -1.70. The van der Waals surface area contributed by atoms with Crippen LogP contribution in [0.5, 0.6) is 0 Å². The molecule has 8 fully saturated rings. The molecule has 0 spiro atoms. The van der Waals surface area contributed by atoms with Crippen molar-refractivity contribution in [1.82, 2.24) is 0 Å². The third-order valence-corrected chi connectivity index (χ3v) is 20.7. The molecule has 5 aliphatic heterocycles. The van der Waals surface area contributed by atoms with Gasteiger partial charge in [-0.2, -0.15) is 0 Å². The van der Waals surface area contributed by atoms with Crippen molar-refractivity contribution in [3.63, 3.8) is 0 Å². The van der Waals surface area contributed by atoms with Gasteiger partial charge in [-0.15, -0.1) is 0 Å². The lowest BCUT2D eigenvalue weighted by Gasteiger charge is -2.66. The molecule has 4 aliphatic carbocycles. The third kappa shape index (κ3) is 11.7. The van der Waals surface area contributed by atoms with Crippen molar-refractivity contribution < 1.29 is 112 Å². The van der Waals surface area contributed by atoms with Crippen molar-refractivity contribution in [2.24, 2.45) is 22.7 Å². The van der Waals surface area contributed by atoms with Crippen LogP contribution in [0.1, 0.15) is 129 Å². The fourth-order valence-electron chi connectivity index (χ4n) is 16.0. The van der Waals surface area contributed by atoms with Gasteiger partial charge in [-0.3, -0.25) is 4.79 Å². The van der Waals surface area contributed by atoms with Crippen LogP contribution < -0.4 is 0 Å². The SMILES string of the molecule is CO[C@H]1C[C@H](O[C@H]2CC[C@@]3(C)C(=CC[C@]4(O)[C@@H]3C[C@@H](OC(=O)c3ccccc3)[C@]3(C)[C@@H](C(C)=O)CC[C@@]34O)C2)O[C@H](C)[C@H]1O[C@H]1C[C@H](O)[C@H](O[C@H]2C[C@@H](O)[C@H](O[C@H]3C[C@H](OC)[C@H](O[C@@H]4O[C@H](CO)[C@@H](O)[C@H](O)[C@H]4O)[C@@H](C)O3)[C@@H](C)O2)[C@@H](C)O1. The number of esters is 1. The number of methoxy groups -OCH3 is 2. The van der Waals surface area contributed by atoms with E-state index in [4.69, 9.17) is 61.6 Å². The first-order valence-electron chi connectivity index (χ1n) is 29.9. The van der Waals surface area contributed by atoms with Gasteiger partial charge in [-0.05, 0) is 97.1 Å². The lowest BCUT2D eigenvalue weighted by molar-refractivity contribution is -0.357. The number of carbonyl (C=O) groups excluding carboxylic acids is 2. The van der Waals surface area contributed by atoms with Crippen LogP contribution in [-0.4, -0.2) is 226 Å². The summed E-state index contributed by atoms with van der Waals surface area (Å²) >= 11 is 0. The first kappa shape index (κ1) is 63.3. The zero-order valence-corrected chi connectivity index (χ0v) is 49.1. The Morgan fingerprint density at radius 3 is 1.71 bits per heavy atom. The van der Waals surface area contributed by atoms with Crippen molar-refractivity contribution in [1.29, 1.82) is 0 Å². The van der Waals surface area contributed by atoms with Crippen molar-refractivity contribution in [3.8, 4) is 0 Å². The average molecular weight is 1180 g/mol. The van der Waals surface area contributed by atoms with Gasteiger partial charge in [0, 0.05) is 57.2 Å². The average Bonchev–Trinajstić information content (AvgIpc) is 1.72. The van der Waals surface area contributed by atoms with Crippen LogP contribution in [0, 0.1) is 22.7 Å². The lowest BCUT2D eigenvalue weighted by atomic mass is 9.43. The summed E-state index contributed by atoms with van der Waals surface area (Å²) in [6, 6.07) is 8.70. The maximum Gasteiger partial charge on any atom is 0.338 e. The first-order valence-corrected chi connectivity index (χ1v) is 29.9. The molecule has 9 aliphatic rings. The molecular weight excluding hydrogens is 1090 g/mol. The second kappa shape index (κ2) is 25.1. The molecular formula is C60H90O23. The van der Waals surface area contributed by atoms with E-state index in [0.29, 0.717) is 37.7 Å². The van der Waals surface area contributed by atoms with E-state index in [1.807, 2.05) is 19.9 Å². The molecule has 0 aromatic heterocycles. The van der Waals surface area contributed by atoms with Crippen molar-refractivity contribution in [3.05, 3.63) is 47.5 Å². The van der Waals surface area contributed by atoms with Gasteiger partial charge in [0.1, 0.15) is 71.9 Å². The number of ether oxygens (including phenoxy) is 13. The number of benzene rings is 1. The van der Waals surface area contributed by atoms with E-state index in [-0.39, 0.29) is 50.4 Å². The van der Waals surface area contributed by atoms with Crippen molar-refractivity contribution >= 4 is 11.8 Å². The maximum atomic E-state index is 13.7. The largest absolute Gasteiger partial charge is 0.458 e. The van der Waals surface area contributed by atoms with Crippen LogP contribution in [0.3, 0.4) is 0 Å². The van der Waals surface area contributed by atoms with E-state index in [9.17, 15) is 50.4 Å². The van der Waals surface area contributed by atoms with E-state index >= 15 is 0 Å². The van der Waals surface area contributed by atoms with E-state index in [1.165, 1.54) is 14.0 Å². The molecule has 3 saturated carbocycles. The molecule has 468 valence electrons. The Balaban J connectivity index is 0.704. The molecule has 5 heterocycles. The number of hydrogen-bond acceptors (Lipinski definition) is 23. The van der Waals surface area contributed by atoms with Gasteiger partial charge < -0.3 is 102 Å². The molecule has 5 saturated heterocycles. The molecule has 1 aromatic rings. The van der Waals surface area contributed by atoms with Crippen LogP contribution in [0.4, 0.5) is 0 Å². The van der Waals surface area contributed by atoms with Gasteiger partial charge in [0.15, 0.2) is 31.5 Å². The molecule has 10 rings (SSSR count). The number of ketones is 1. The minimum Gasteiger partial charge on any atom is -0.458 e. The number of Topliss-reactive ketones (excluding diaryl/α,β-unsaturated/α-hetero) is 1. The van der Waals surface area contributed by atoms with E-state index < -0.39 is 182 Å². The Kier molecular flexibility index (Phi) is 19.1. The molecule has 0 radical (unpaired) electrons. The summed E-state index contributed by atoms with van der Waals surface area (Å²) in [4.78, 5) is 27.0. The fourth-order valence-corrected chi connectivity index (χ4v) is 16.0. The topological polar surface area (TPSA) is 316 Å². The zero-order valence-electron chi connectivity index (χ0n) is 49.1. The number of rotatable bonds is 16. The second-order valence-corrected chi connectivity index (χ2v) is 25.5. The van der Waals surface area contributed by atoms with Gasteiger partial charge in [0.25, 0.3) is 0 Å². The molecule has 29 atom stereocenters. The molecule has 0 amide bonds. The van der Waals surface area contributed by atoms with Crippen LogP contribution in [-0.2, 0) is 66.4 Å². The molecule has 83 heavy (non-hydrogen) atoms. The summed E-state index contributed by atoms with van der Waals surface area (Å²) in [6.45, 7) is 11.9. The number of hydrogen-bond donors (Lipinski definition) is 8. The number of aliphatic hydroxyl groups excluding tert-OH is 6. The number of aliphatic hydroxyl groups is 8. The Bertz CT molecular complexity index is 2390. The Morgan fingerprint density at radius 1 is 0.639 bits per heavy atom. The smallest absolute Gasteiger partial charge is 0.338 e. The Labute approximate surface area is 485 Å². The van der Waals surface area contributed by atoms with Gasteiger partial charge >= 0.3 is 5.97 Å². The third-order valence-electron chi connectivity index (χ3n) is 20.7. The summed E-state index contributed by atoms with van der Waals surface area (Å²) in [7, 11) is 3.07. The lowest BCUT2D eigenvalue weighted by Crippen LogP contribution is -2.75. The highest BCUT2D eigenvalue weighted by Crippen LogP contribution is 2.70. The minimum absolute atomic E-state index is 0.00301. The number of carbonyl (C=O) groups is 2. The van der Waals surface area contributed by atoms with Gasteiger partial charge in [-0.1, -0.05) is 43.7 Å². The quantitative estimate of drug-likeness (QED) is 0.0869. The Hall–Kier alpha value is -2.70. The highest BCUT2D eigenvalue weighted by molar-refractivity contribution is 5.89. The van der Waals surface area contributed by atoms with Gasteiger partial charge in [0.2, 0.25) is 0 Å². The normalized spacial score (nSPS) is 50.1. The van der Waals surface area contributed by atoms with Crippen LogP contribution in [0.2, 0.25) is 0 Å². The second-order valence-electron chi connectivity index (χ2n) is 25.5. The van der Waals surface area contributed by atoms with E-state index in [1.54, 1.807) is 52.1 Å². The summed E-state index contributed by atoms with van der Waals surface area (Å²) in [5.41, 5.74) is -3.60. The van der Waals surface area contributed by atoms with Gasteiger partial charge in [-0.25, -0.2) is 4.79 Å². The maximum absolute atomic E-state index is 13.7. The monoisotopic (exact) mass is 1180 g/mol. The molecule has 23 heteroatoms. The van der Waals surface area contributed by atoms with Crippen molar-refractivity contribution in [2.75, 3.05) is 20.8 Å². The van der Waals surface area contributed by atoms with Crippen LogP contribution >= 0.6 is 0 Å². The van der Waals surface area contributed by atoms with E-state index in [2.05, 4.69) is 13.0 Å². The highest BCUT2D eigenvalue weighted by Gasteiger charge is 2.77. The summed E-state index contributed by atoms with van der Waals surface area (Å²) < 4.78 is 80.7. The summed E-state index contributed by atoms with van der Waals surface area (Å²) in [5, 5.41) is 89.6. The number of fused-ring (bicyclic) bond motifs is 5. The summed E-state index contributed by atoms with van der Waals surface area (Å²) in [5.74, 6) is -1.72. The molecule has 0 bridgehead atoms. The standard InChI is InChI=1S/C60H90O23/c1-28(62)36-17-20-60(70)58(36,7)43(79-55(68)33-13-11-10-12-14-33)26-42-57(6)18-16-35(21-34(57)15-19-59(42,60)69)77-46-24-39(71-8)53(31(4)75-46)82-45-23-38(64)51(29(2)74-45)80-44-22-37(63)52(30(3)73-44)81-47-25-40(72-9)54(32(5)76-47)83-56-50(67)49(66)48(65)41(27-61)78-56/h10-15,29-32,35-54,56,61,63-67,69-70H,16-27H2,1-9H3/t29-,30-,31-,32-,35+,36-,37-,38+,39+,40+,41-,42-,43-,44+,45+,46+,47+,48-,49+,50-,51-,52-,53-,54-,56+,57+,58+,59+,60-/m1/s1. The van der Waals surface area contributed by atoms with Crippen LogP contribution in [0.25, 0.3) is 0 Å². The first-order chi connectivity index (χ1) is 39.4. The predicted octanol–water partition coefficient (Wildman–Crippen LogP) is 2.24. The highest BCUT2D eigenvalue weighted by atomic mass is 16.8. The predicted molar refractivity (Wildman–Crippen MR) is 287 cm³/mol. The molecule has 1 aromatic carbocycles. The van der Waals surface area contributed by atoms with Crippen LogP contribution in [0.15, 0.2) is 42.0 Å². The fraction of sp³-hybridized carbons (Fsp3) is 0.833. The molecule has 0 unspecified atom stereocenters. The molecule has 8 N–H and O–H groups in total. The zero-order chi connectivity index (χ0) is 59.7.